The predicted molar refractivity (Wildman–Crippen MR) is 163 cm³/mol. The molecule has 1 fully saturated rings. The van der Waals surface area contributed by atoms with Crippen molar-refractivity contribution in [2.45, 2.75) is 65.5 Å². The quantitative estimate of drug-likeness (QED) is 0.257. The zero-order valence-electron chi connectivity index (χ0n) is 26.8. The van der Waals surface area contributed by atoms with E-state index in [-0.39, 0.29) is 31.3 Å². The fraction of sp³-hybridized carbons (Fsp3) is 0.625. The van der Waals surface area contributed by atoms with E-state index in [0.29, 0.717) is 48.9 Å². The Morgan fingerprint density at radius 3 is 2.49 bits per heavy atom. The molecule has 2 unspecified atom stereocenters. The standard InChI is InChI=1S/C31H45N3O7.CH4O/c1-7-33(5)26(27-20(2)21(3)31(36)41-27)25-22(4)23(12-13-32-24(35)18-34-14-9-8-10-15-34)28-30(40-19-39-28)29(25)38-17-11-16-37-6;1-2/h11,16,26-27H,7-10,12-15,17-19H2,1-6H3,(H,32,35);2H,1H3/b16-11+;. The Bertz CT molecular complexity index is 1180. The van der Waals surface area contributed by atoms with Gasteiger partial charge in [0.1, 0.15) is 12.7 Å². The minimum absolute atomic E-state index is 0.0289. The summed E-state index contributed by atoms with van der Waals surface area (Å²) in [5.74, 6) is 1.45. The number of piperidine rings is 1. The third-order valence-corrected chi connectivity index (χ3v) is 8.38. The fourth-order valence-electron chi connectivity index (χ4n) is 5.83. The van der Waals surface area contributed by atoms with Gasteiger partial charge in [-0.05, 0) is 83.9 Å². The van der Waals surface area contributed by atoms with E-state index >= 15 is 0 Å². The molecule has 1 aromatic rings. The van der Waals surface area contributed by atoms with Gasteiger partial charge in [-0.15, -0.1) is 0 Å². The molecule has 1 amide bonds. The van der Waals surface area contributed by atoms with Gasteiger partial charge in [0.05, 0.1) is 26.0 Å². The third kappa shape index (κ3) is 8.01. The van der Waals surface area contributed by atoms with Gasteiger partial charge in [-0.1, -0.05) is 13.3 Å². The largest absolute Gasteiger partial charge is 0.505 e. The van der Waals surface area contributed by atoms with Gasteiger partial charge >= 0.3 is 5.97 Å². The Balaban J connectivity index is 0.00000248. The molecule has 43 heavy (non-hydrogen) atoms. The molecule has 0 saturated carbocycles. The molecule has 4 rings (SSSR count). The zero-order valence-corrected chi connectivity index (χ0v) is 26.8. The summed E-state index contributed by atoms with van der Waals surface area (Å²) >= 11 is 0. The van der Waals surface area contributed by atoms with Gasteiger partial charge in [-0.25, -0.2) is 4.79 Å². The van der Waals surface area contributed by atoms with E-state index < -0.39 is 6.10 Å². The van der Waals surface area contributed by atoms with Gasteiger partial charge in [0.2, 0.25) is 18.4 Å². The number of nitrogens with zero attached hydrogens (tertiary/aromatic N) is 2. The summed E-state index contributed by atoms with van der Waals surface area (Å²) in [4.78, 5) is 29.7. The third-order valence-electron chi connectivity index (χ3n) is 8.38. The number of rotatable bonds is 13. The van der Waals surface area contributed by atoms with Crippen molar-refractivity contribution in [2.24, 2.45) is 0 Å². The monoisotopic (exact) mass is 603 g/mol. The molecule has 0 aromatic heterocycles. The molecule has 11 nitrogen and oxygen atoms in total. The van der Waals surface area contributed by atoms with Crippen molar-refractivity contribution < 1.29 is 38.4 Å². The van der Waals surface area contributed by atoms with Crippen molar-refractivity contribution in [2.75, 3.05) is 67.4 Å². The van der Waals surface area contributed by atoms with Crippen LogP contribution in [0, 0.1) is 6.92 Å². The number of methoxy groups -OCH3 is 1. The number of hydrogen-bond acceptors (Lipinski definition) is 10. The summed E-state index contributed by atoms with van der Waals surface area (Å²) in [6, 6.07) is -0.329. The van der Waals surface area contributed by atoms with Crippen LogP contribution in [0.15, 0.2) is 23.5 Å². The normalized spacial score (nSPS) is 18.9. The number of aliphatic hydroxyl groups excluding tert-OH is 1. The molecule has 0 bridgehead atoms. The van der Waals surface area contributed by atoms with E-state index in [1.54, 1.807) is 26.4 Å². The molecule has 11 heteroatoms. The highest BCUT2D eigenvalue weighted by Crippen LogP contribution is 2.52. The van der Waals surface area contributed by atoms with E-state index in [1.807, 2.05) is 20.9 Å². The number of esters is 1. The maximum Gasteiger partial charge on any atom is 0.334 e. The topological polar surface area (TPSA) is 119 Å². The lowest BCUT2D eigenvalue weighted by Crippen LogP contribution is -2.40. The highest BCUT2D eigenvalue weighted by molar-refractivity contribution is 5.91. The van der Waals surface area contributed by atoms with Crippen LogP contribution in [-0.4, -0.2) is 100 Å². The van der Waals surface area contributed by atoms with Crippen LogP contribution in [0.1, 0.15) is 62.8 Å². The molecule has 0 aliphatic carbocycles. The summed E-state index contributed by atoms with van der Waals surface area (Å²) in [5.41, 5.74) is 4.32. The van der Waals surface area contributed by atoms with Gasteiger partial charge in [-0.2, -0.15) is 0 Å². The van der Waals surface area contributed by atoms with Crippen LogP contribution in [0.25, 0.3) is 0 Å². The number of carbonyl (C=O) groups excluding carboxylic acids is 2. The summed E-state index contributed by atoms with van der Waals surface area (Å²) in [5, 5.41) is 10.1. The maximum absolute atomic E-state index is 12.7. The van der Waals surface area contributed by atoms with E-state index in [4.69, 9.17) is 28.8 Å². The van der Waals surface area contributed by atoms with E-state index in [2.05, 4.69) is 22.0 Å². The Hall–Kier alpha value is -3.28. The van der Waals surface area contributed by atoms with Crippen molar-refractivity contribution in [1.82, 2.24) is 15.1 Å². The Morgan fingerprint density at radius 1 is 1.16 bits per heavy atom. The molecule has 3 aliphatic rings. The number of hydrogen-bond donors (Lipinski definition) is 2. The second kappa shape index (κ2) is 16.5. The molecular weight excluding hydrogens is 554 g/mol. The van der Waals surface area contributed by atoms with Gasteiger partial charge < -0.3 is 34.1 Å². The predicted octanol–water partition coefficient (Wildman–Crippen LogP) is 3.27. The van der Waals surface area contributed by atoms with Gasteiger partial charge in [-0.3, -0.25) is 14.6 Å². The number of aliphatic hydroxyl groups is 1. The highest BCUT2D eigenvalue weighted by Gasteiger charge is 2.42. The first kappa shape index (κ1) is 34.2. The highest BCUT2D eigenvalue weighted by atomic mass is 16.7. The maximum atomic E-state index is 12.7. The van der Waals surface area contributed by atoms with Crippen molar-refractivity contribution in [3.8, 4) is 17.2 Å². The first-order chi connectivity index (χ1) is 20.8. The molecule has 2 N–H and O–H groups in total. The Morgan fingerprint density at radius 2 is 1.86 bits per heavy atom. The number of likely N-dealkylation sites (tertiary alicyclic amines) is 1. The number of nitrogens with one attached hydrogen (secondary N) is 1. The molecule has 0 radical (unpaired) electrons. The summed E-state index contributed by atoms with van der Waals surface area (Å²) < 4.78 is 29.3. The molecule has 3 heterocycles. The van der Waals surface area contributed by atoms with Crippen molar-refractivity contribution in [3.05, 3.63) is 40.2 Å². The van der Waals surface area contributed by atoms with Gasteiger partial charge in [0.25, 0.3) is 0 Å². The minimum Gasteiger partial charge on any atom is -0.505 e. The van der Waals surface area contributed by atoms with Crippen LogP contribution >= 0.6 is 0 Å². The SMILES string of the molecule is CCN(C)C(c1c(C)c(CCNC(=O)CN2CCCCC2)c2c(c1OC/C=C/OC)OCO2)C1OC(=O)C(C)=C1C.CO. The lowest BCUT2D eigenvalue weighted by atomic mass is 9.87. The van der Waals surface area contributed by atoms with Crippen molar-refractivity contribution >= 4 is 11.9 Å². The first-order valence-electron chi connectivity index (χ1n) is 15.1. The number of amides is 1. The minimum atomic E-state index is -0.486. The number of likely N-dealkylation sites (N-methyl/N-ethyl adjacent to an activating group) is 1. The second-order valence-electron chi connectivity index (χ2n) is 10.9. The smallest absolute Gasteiger partial charge is 0.334 e. The van der Waals surface area contributed by atoms with E-state index in [9.17, 15) is 9.59 Å². The Labute approximate surface area is 255 Å². The molecule has 3 aliphatic heterocycles. The molecule has 240 valence electrons. The van der Waals surface area contributed by atoms with Crippen molar-refractivity contribution in [3.63, 3.8) is 0 Å². The summed E-state index contributed by atoms with van der Waals surface area (Å²) in [6.45, 7) is 11.7. The van der Waals surface area contributed by atoms with Crippen molar-refractivity contribution in [1.29, 1.82) is 0 Å². The van der Waals surface area contributed by atoms with Crippen LogP contribution in [0.5, 0.6) is 17.2 Å². The average molecular weight is 604 g/mol. The number of cyclic esters (lactones) is 1. The van der Waals surface area contributed by atoms with E-state index in [0.717, 1.165) is 55.3 Å². The van der Waals surface area contributed by atoms with E-state index in [1.165, 1.54) is 6.42 Å². The number of fused-ring (bicyclic) bond motifs is 1. The Kier molecular flexibility index (Phi) is 13.2. The average Bonchev–Trinajstić information content (AvgIpc) is 3.60. The lowest BCUT2D eigenvalue weighted by Gasteiger charge is -2.35. The molecule has 1 aromatic carbocycles. The summed E-state index contributed by atoms with van der Waals surface area (Å²) in [6.07, 6.45) is 6.94. The van der Waals surface area contributed by atoms with Crippen LogP contribution < -0.4 is 19.5 Å². The molecular formula is C32H49N3O8. The van der Waals surface area contributed by atoms with Crippen LogP contribution in [0.2, 0.25) is 0 Å². The molecule has 1 saturated heterocycles. The molecule has 2 atom stereocenters. The summed E-state index contributed by atoms with van der Waals surface area (Å²) in [7, 11) is 4.59. The lowest BCUT2D eigenvalue weighted by molar-refractivity contribution is -0.142. The number of ether oxygens (including phenoxy) is 5. The zero-order chi connectivity index (χ0) is 31.5. The number of carbonyl (C=O) groups is 2. The number of benzene rings is 1. The van der Waals surface area contributed by atoms with Crippen LogP contribution in [-0.2, 0) is 25.5 Å². The van der Waals surface area contributed by atoms with Crippen LogP contribution in [0.4, 0.5) is 0 Å². The first-order valence-corrected chi connectivity index (χ1v) is 15.1. The van der Waals surface area contributed by atoms with Gasteiger partial charge in [0, 0.05) is 30.4 Å². The second-order valence-corrected chi connectivity index (χ2v) is 10.9. The van der Waals surface area contributed by atoms with Gasteiger partial charge in [0.15, 0.2) is 11.5 Å². The molecule has 0 spiro atoms. The van der Waals surface area contributed by atoms with Crippen LogP contribution in [0.3, 0.4) is 0 Å². The fourth-order valence-corrected chi connectivity index (χ4v) is 5.83.